The highest BCUT2D eigenvalue weighted by Gasteiger charge is 2.61. The summed E-state index contributed by atoms with van der Waals surface area (Å²) < 4.78 is 13.7. The number of benzene rings is 2. The van der Waals surface area contributed by atoms with Crippen molar-refractivity contribution in [1.29, 1.82) is 0 Å². The molecule has 1 saturated carbocycles. The van der Waals surface area contributed by atoms with Gasteiger partial charge < -0.3 is 10.2 Å². The Kier molecular flexibility index (Phi) is 5.68. The van der Waals surface area contributed by atoms with Crippen LogP contribution in [0.25, 0.3) is 0 Å². The molecule has 0 spiro atoms. The first-order valence-electron chi connectivity index (χ1n) is 12.8. The Morgan fingerprint density at radius 1 is 1.09 bits per heavy atom. The zero-order chi connectivity index (χ0) is 24.0. The molecule has 1 aromatic heterocycles. The van der Waals surface area contributed by atoms with E-state index in [-0.39, 0.29) is 35.3 Å². The number of rotatable bonds is 5. The van der Waals surface area contributed by atoms with E-state index in [0.29, 0.717) is 18.0 Å². The minimum absolute atomic E-state index is 0.106. The summed E-state index contributed by atoms with van der Waals surface area (Å²) in [5.74, 6) is -0.148. The Morgan fingerprint density at radius 2 is 1.91 bits per heavy atom. The van der Waals surface area contributed by atoms with Crippen molar-refractivity contribution in [3.8, 4) is 0 Å². The maximum atomic E-state index is 14.1. The summed E-state index contributed by atoms with van der Waals surface area (Å²) >= 11 is 0. The van der Waals surface area contributed by atoms with Gasteiger partial charge in [-0.15, -0.1) is 0 Å². The van der Waals surface area contributed by atoms with Crippen LogP contribution in [0.3, 0.4) is 0 Å². The van der Waals surface area contributed by atoms with E-state index in [2.05, 4.69) is 52.5 Å². The molecule has 180 valence electrons. The fourth-order valence-electron chi connectivity index (χ4n) is 6.97. The molecule has 2 aliphatic heterocycles. The Hall–Kier alpha value is -3.05. The first-order chi connectivity index (χ1) is 17.0. The summed E-state index contributed by atoms with van der Waals surface area (Å²) in [6.45, 7) is 2.38. The molecule has 0 unspecified atom stereocenters. The van der Waals surface area contributed by atoms with Crippen LogP contribution < -0.4 is 5.32 Å². The molecule has 1 amide bonds. The lowest BCUT2D eigenvalue weighted by molar-refractivity contribution is 0.0558. The van der Waals surface area contributed by atoms with Gasteiger partial charge in [0, 0.05) is 53.5 Å². The fraction of sp³-hybridized carbons (Fsp3) is 0.400. The van der Waals surface area contributed by atoms with E-state index in [0.717, 1.165) is 36.9 Å². The zero-order valence-electron chi connectivity index (χ0n) is 20.2. The summed E-state index contributed by atoms with van der Waals surface area (Å²) in [4.78, 5) is 20.8. The lowest BCUT2D eigenvalue weighted by Gasteiger charge is -2.46. The monoisotopic (exact) mass is 469 g/mol. The van der Waals surface area contributed by atoms with Gasteiger partial charge in [0.05, 0.1) is 0 Å². The summed E-state index contributed by atoms with van der Waals surface area (Å²) in [6, 6.07) is 22.1. The normalized spacial score (nSPS) is 29.3. The van der Waals surface area contributed by atoms with Crippen LogP contribution in [-0.2, 0) is 12.8 Å². The molecule has 1 N–H and O–H groups in total. The zero-order valence-corrected chi connectivity index (χ0v) is 20.2. The van der Waals surface area contributed by atoms with Gasteiger partial charge in [0.15, 0.2) is 0 Å². The molecular weight excluding hydrogens is 437 g/mol. The van der Waals surface area contributed by atoms with Crippen LogP contribution in [0.5, 0.6) is 0 Å². The predicted molar refractivity (Wildman–Crippen MR) is 135 cm³/mol. The van der Waals surface area contributed by atoms with E-state index in [1.807, 2.05) is 18.2 Å². The first-order valence-corrected chi connectivity index (χ1v) is 12.8. The van der Waals surface area contributed by atoms with Crippen LogP contribution >= 0.6 is 0 Å². The number of likely N-dealkylation sites (tertiary alicyclic amines) is 1. The number of nitrogens with one attached hydrogen (secondary N) is 1. The van der Waals surface area contributed by atoms with Crippen LogP contribution in [-0.4, -0.2) is 40.0 Å². The molecule has 5 atom stereocenters. The number of piperidine rings is 1. The number of amides is 1. The van der Waals surface area contributed by atoms with Gasteiger partial charge in [-0.2, -0.15) is 0 Å². The van der Waals surface area contributed by atoms with Crippen molar-refractivity contribution in [1.82, 2.24) is 15.2 Å². The molecule has 35 heavy (non-hydrogen) atoms. The minimum Gasteiger partial charge on any atom is -0.330 e. The van der Waals surface area contributed by atoms with E-state index in [1.54, 1.807) is 12.3 Å². The number of pyridine rings is 1. The third-order valence-corrected chi connectivity index (χ3v) is 8.62. The lowest BCUT2D eigenvalue weighted by atomic mass is 9.65. The van der Waals surface area contributed by atoms with E-state index in [9.17, 15) is 9.18 Å². The molecule has 5 heteroatoms. The Labute approximate surface area is 206 Å². The van der Waals surface area contributed by atoms with Crippen LogP contribution in [0.1, 0.15) is 59.8 Å². The Balaban J connectivity index is 1.30. The molecule has 2 bridgehead atoms. The van der Waals surface area contributed by atoms with Crippen LogP contribution in [0.15, 0.2) is 72.9 Å². The largest absolute Gasteiger partial charge is 0.330 e. The molecule has 3 fully saturated rings. The SMILES string of the molecule is C[C@@]12C[C@H]3[C@@H](Cc4ccccc4)N[C@@H]1CCC[C@@H]2N3C(=O)c1ccnc(Cc2cccc(F)c2)c1. The molecule has 6 rings (SSSR count). The van der Waals surface area contributed by atoms with E-state index < -0.39 is 0 Å². The quantitative estimate of drug-likeness (QED) is 0.561. The van der Waals surface area contributed by atoms with Crippen molar-refractivity contribution < 1.29 is 9.18 Å². The van der Waals surface area contributed by atoms with Crippen LogP contribution in [0.2, 0.25) is 0 Å². The summed E-state index contributed by atoms with van der Waals surface area (Å²) in [5.41, 5.74) is 3.75. The third-order valence-electron chi connectivity index (χ3n) is 8.62. The highest BCUT2D eigenvalue weighted by Crippen LogP contribution is 2.53. The van der Waals surface area contributed by atoms with Gasteiger partial charge in [-0.25, -0.2) is 4.39 Å². The third kappa shape index (κ3) is 4.06. The van der Waals surface area contributed by atoms with E-state index in [4.69, 9.17) is 0 Å². The van der Waals surface area contributed by atoms with Crippen molar-refractivity contribution in [2.45, 2.75) is 69.6 Å². The van der Waals surface area contributed by atoms with Crippen molar-refractivity contribution in [2.24, 2.45) is 5.41 Å². The first kappa shape index (κ1) is 22.4. The second-order valence-electron chi connectivity index (χ2n) is 10.8. The van der Waals surface area contributed by atoms with Crippen molar-refractivity contribution in [2.75, 3.05) is 0 Å². The number of carbonyl (C=O) groups excluding carboxylic acids is 1. The second kappa shape index (κ2) is 8.87. The number of halogens is 1. The van der Waals surface area contributed by atoms with Gasteiger partial charge in [0.1, 0.15) is 5.82 Å². The van der Waals surface area contributed by atoms with Crippen molar-refractivity contribution >= 4 is 5.91 Å². The lowest BCUT2D eigenvalue weighted by Crippen LogP contribution is -2.58. The molecule has 3 aromatic rings. The van der Waals surface area contributed by atoms with Gasteiger partial charge in [0.25, 0.3) is 5.91 Å². The maximum Gasteiger partial charge on any atom is 0.254 e. The summed E-state index contributed by atoms with van der Waals surface area (Å²) in [6.07, 6.45) is 7.60. The van der Waals surface area contributed by atoms with E-state index >= 15 is 0 Å². The van der Waals surface area contributed by atoms with Gasteiger partial charge in [-0.1, -0.05) is 49.4 Å². The fourth-order valence-corrected chi connectivity index (χ4v) is 6.97. The van der Waals surface area contributed by atoms with E-state index in [1.165, 1.54) is 24.1 Å². The molecule has 1 aliphatic carbocycles. The number of nitrogens with zero attached hydrogens (tertiary/aromatic N) is 2. The molecule has 3 aliphatic rings. The average Bonchev–Trinajstić information content (AvgIpc) is 3.17. The number of fused-ring (bicyclic) bond motifs is 1. The van der Waals surface area contributed by atoms with Gasteiger partial charge in [-0.3, -0.25) is 9.78 Å². The molecule has 2 aromatic carbocycles. The van der Waals surface area contributed by atoms with Crippen LogP contribution in [0.4, 0.5) is 4.39 Å². The molecule has 0 radical (unpaired) electrons. The number of hydrogen-bond donors (Lipinski definition) is 1. The smallest absolute Gasteiger partial charge is 0.254 e. The maximum absolute atomic E-state index is 14.1. The predicted octanol–water partition coefficient (Wildman–Crippen LogP) is 5.17. The summed E-state index contributed by atoms with van der Waals surface area (Å²) in [5, 5.41) is 3.98. The van der Waals surface area contributed by atoms with Crippen molar-refractivity contribution in [3.63, 3.8) is 0 Å². The molecule has 2 saturated heterocycles. The highest BCUT2D eigenvalue weighted by atomic mass is 19.1. The standard InChI is InChI=1S/C30H32FN3O/c1-30-19-26-25(17-20-7-3-2-4-8-20)33-27(30)11-6-12-28(30)34(26)29(35)22-13-14-32-24(18-22)16-21-9-5-10-23(31)15-21/h2-5,7-10,13-15,18,25-28,33H,6,11-12,16-17,19H2,1H3/t25-,26+,27-,28+,30-/m1/s1. The molecular formula is C30H32FN3O. The average molecular weight is 470 g/mol. The number of aromatic nitrogens is 1. The molecule has 4 nitrogen and oxygen atoms in total. The van der Waals surface area contributed by atoms with Gasteiger partial charge >= 0.3 is 0 Å². The Morgan fingerprint density at radius 3 is 2.74 bits per heavy atom. The number of hydrogen-bond acceptors (Lipinski definition) is 3. The second-order valence-corrected chi connectivity index (χ2v) is 10.8. The van der Waals surface area contributed by atoms with Gasteiger partial charge in [-0.05, 0) is 67.5 Å². The van der Waals surface area contributed by atoms with Crippen LogP contribution in [0, 0.1) is 11.2 Å². The van der Waals surface area contributed by atoms with Crippen molar-refractivity contribution in [3.05, 3.63) is 101 Å². The Bertz CT molecular complexity index is 1230. The molecule has 3 heterocycles. The summed E-state index contributed by atoms with van der Waals surface area (Å²) in [7, 11) is 0. The highest BCUT2D eigenvalue weighted by molar-refractivity contribution is 5.95. The number of carbonyl (C=O) groups is 1. The van der Waals surface area contributed by atoms with Gasteiger partial charge in [0.2, 0.25) is 0 Å². The topological polar surface area (TPSA) is 45.2 Å². The minimum atomic E-state index is -0.254.